The third kappa shape index (κ3) is 2.43. The second kappa shape index (κ2) is 5.28. The van der Waals surface area contributed by atoms with Gasteiger partial charge < -0.3 is 0 Å². The fourth-order valence-electron chi connectivity index (χ4n) is 2.58. The SMILES string of the molecule is Cc1cc(C2=NNC(=NC3CC3)SC2)c(C)n1-c1ncn[nH]1. The minimum Gasteiger partial charge on any atom is -0.287 e. The number of nitrogens with one attached hydrogen (secondary N) is 2. The monoisotopic (exact) mass is 315 g/mol. The minimum absolute atomic E-state index is 0.517. The number of aromatic nitrogens is 4. The Morgan fingerprint density at radius 1 is 1.36 bits per heavy atom. The van der Waals surface area contributed by atoms with Gasteiger partial charge >= 0.3 is 0 Å². The summed E-state index contributed by atoms with van der Waals surface area (Å²) in [5.41, 5.74) is 7.48. The number of hydrogen-bond acceptors (Lipinski definition) is 5. The molecule has 1 aliphatic carbocycles. The molecule has 0 unspecified atom stereocenters. The first kappa shape index (κ1) is 13.6. The first-order chi connectivity index (χ1) is 10.7. The van der Waals surface area contributed by atoms with E-state index in [2.05, 4.69) is 55.2 Å². The third-order valence-electron chi connectivity index (χ3n) is 3.83. The van der Waals surface area contributed by atoms with Crippen molar-refractivity contribution in [3.8, 4) is 5.95 Å². The number of hydrogen-bond donors (Lipinski definition) is 2. The van der Waals surface area contributed by atoms with E-state index in [4.69, 9.17) is 0 Å². The van der Waals surface area contributed by atoms with Crippen molar-refractivity contribution in [2.45, 2.75) is 32.7 Å². The molecule has 0 saturated heterocycles. The van der Waals surface area contributed by atoms with Gasteiger partial charge in [0.2, 0.25) is 5.95 Å². The zero-order valence-electron chi connectivity index (χ0n) is 12.5. The molecule has 2 aromatic heterocycles. The van der Waals surface area contributed by atoms with Gasteiger partial charge in [0.05, 0.1) is 11.8 Å². The van der Waals surface area contributed by atoms with E-state index in [0.29, 0.717) is 6.04 Å². The smallest absolute Gasteiger partial charge is 0.229 e. The zero-order chi connectivity index (χ0) is 15.1. The maximum Gasteiger partial charge on any atom is 0.229 e. The molecule has 0 atom stereocenters. The van der Waals surface area contributed by atoms with Crippen LogP contribution in [0, 0.1) is 13.8 Å². The van der Waals surface area contributed by atoms with E-state index >= 15 is 0 Å². The summed E-state index contributed by atoms with van der Waals surface area (Å²) >= 11 is 1.72. The van der Waals surface area contributed by atoms with E-state index in [0.717, 1.165) is 39.5 Å². The molecule has 4 rings (SSSR count). The topological polar surface area (TPSA) is 83.2 Å². The lowest BCUT2D eigenvalue weighted by Crippen LogP contribution is -2.26. The van der Waals surface area contributed by atoms with Crippen LogP contribution in [0.1, 0.15) is 29.8 Å². The van der Waals surface area contributed by atoms with Crippen LogP contribution in [0.25, 0.3) is 5.95 Å². The van der Waals surface area contributed by atoms with E-state index in [1.165, 1.54) is 19.2 Å². The molecule has 8 heteroatoms. The molecule has 0 aromatic carbocycles. The Morgan fingerprint density at radius 3 is 2.86 bits per heavy atom. The van der Waals surface area contributed by atoms with Gasteiger partial charge in [-0.1, -0.05) is 11.8 Å². The van der Waals surface area contributed by atoms with Gasteiger partial charge in [0.1, 0.15) is 6.33 Å². The van der Waals surface area contributed by atoms with Crippen LogP contribution in [0.5, 0.6) is 0 Å². The Labute approximate surface area is 132 Å². The molecule has 2 N–H and O–H groups in total. The molecule has 22 heavy (non-hydrogen) atoms. The predicted octanol–water partition coefficient (Wildman–Crippen LogP) is 1.77. The second-order valence-electron chi connectivity index (χ2n) is 5.55. The lowest BCUT2D eigenvalue weighted by molar-refractivity contribution is 0.877. The lowest BCUT2D eigenvalue weighted by atomic mass is 10.1. The summed E-state index contributed by atoms with van der Waals surface area (Å²) in [6, 6.07) is 2.66. The molecule has 1 aliphatic heterocycles. The van der Waals surface area contributed by atoms with Crippen molar-refractivity contribution < 1.29 is 0 Å². The van der Waals surface area contributed by atoms with Crippen LogP contribution >= 0.6 is 11.8 Å². The molecule has 2 aromatic rings. The lowest BCUT2D eigenvalue weighted by Gasteiger charge is -2.15. The molecule has 0 spiro atoms. The summed E-state index contributed by atoms with van der Waals surface area (Å²) in [7, 11) is 0. The average molecular weight is 315 g/mol. The van der Waals surface area contributed by atoms with Crippen LogP contribution in [0.4, 0.5) is 0 Å². The highest BCUT2D eigenvalue weighted by Crippen LogP contribution is 2.26. The normalized spacial score (nSPS) is 20.1. The molecule has 114 valence electrons. The van der Waals surface area contributed by atoms with Crippen molar-refractivity contribution in [1.82, 2.24) is 25.2 Å². The largest absolute Gasteiger partial charge is 0.287 e. The Bertz CT molecular complexity index is 753. The average Bonchev–Trinajstić information content (AvgIpc) is 3.06. The summed E-state index contributed by atoms with van der Waals surface area (Å²) in [6.45, 7) is 4.13. The number of nitrogens with zero attached hydrogens (tertiary/aromatic N) is 5. The van der Waals surface area contributed by atoms with E-state index in [1.54, 1.807) is 11.8 Å². The third-order valence-corrected chi connectivity index (χ3v) is 4.72. The van der Waals surface area contributed by atoms with Crippen LogP contribution in [0.2, 0.25) is 0 Å². The molecule has 1 fully saturated rings. The van der Waals surface area contributed by atoms with E-state index < -0.39 is 0 Å². The fourth-order valence-corrected chi connectivity index (χ4v) is 3.41. The van der Waals surface area contributed by atoms with E-state index in [9.17, 15) is 0 Å². The number of H-pyrrole nitrogens is 1. The molecule has 0 bridgehead atoms. The van der Waals surface area contributed by atoms with Gasteiger partial charge in [-0.05, 0) is 32.8 Å². The molecule has 3 heterocycles. The van der Waals surface area contributed by atoms with Crippen molar-refractivity contribution in [3.63, 3.8) is 0 Å². The van der Waals surface area contributed by atoms with E-state index in [1.807, 2.05) is 0 Å². The summed E-state index contributed by atoms with van der Waals surface area (Å²) in [5, 5.41) is 12.3. The van der Waals surface area contributed by atoms with Crippen LogP contribution in [-0.4, -0.2) is 42.4 Å². The summed E-state index contributed by atoms with van der Waals surface area (Å²) < 4.78 is 2.06. The second-order valence-corrected chi connectivity index (χ2v) is 6.52. The Balaban J connectivity index is 1.63. The van der Waals surface area contributed by atoms with Gasteiger partial charge in [-0.2, -0.15) is 15.2 Å². The highest BCUT2D eigenvalue weighted by Gasteiger charge is 2.24. The van der Waals surface area contributed by atoms with Crippen LogP contribution < -0.4 is 5.43 Å². The molecular formula is C14H17N7S. The number of thioether (sulfide) groups is 1. The summed E-state index contributed by atoms with van der Waals surface area (Å²) in [4.78, 5) is 8.83. The first-order valence-corrected chi connectivity index (χ1v) is 8.29. The summed E-state index contributed by atoms with van der Waals surface area (Å²) in [6.07, 6.45) is 3.94. The van der Waals surface area contributed by atoms with Gasteiger partial charge in [-0.15, -0.1) is 0 Å². The molecule has 2 aliphatic rings. The van der Waals surface area contributed by atoms with Gasteiger partial charge in [0.25, 0.3) is 0 Å². The van der Waals surface area contributed by atoms with Gasteiger partial charge in [-0.3, -0.25) is 15.0 Å². The van der Waals surface area contributed by atoms with Gasteiger partial charge in [0.15, 0.2) is 5.17 Å². The van der Waals surface area contributed by atoms with Crippen LogP contribution in [-0.2, 0) is 0 Å². The van der Waals surface area contributed by atoms with Crippen molar-refractivity contribution >= 4 is 22.6 Å². The molecule has 0 amide bonds. The summed E-state index contributed by atoms with van der Waals surface area (Å²) in [5.74, 6) is 1.56. The van der Waals surface area contributed by atoms with Crippen molar-refractivity contribution in [2.75, 3.05) is 5.75 Å². The zero-order valence-corrected chi connectivity index (χ0v) is 13.3. The Hall–Kier alpha value is -2.09. The predicted molar refractivity (Wildman–Crippen MR) is 87.8 cm³/mol. The molecular weight excluding hydrogens is 298 g/mol. The van der Waals surface area contributed by atoms with Crippen LogP contribution in [0.15, 0.2) is 22.5 Å². The van der Waals surface area contributed by atoms with Gasteiger partial charge in [0, 0.05) is 22.7 Å². The molecule has 0 radical (unpaired) electrons. The standard InChI is InChI=1S/C14H17N7S/c1-8-5-11(9(2)21(8)13-15-7-16-19-13)12-6-22-14(20-18-12)17-10-3-4-10/h5,7,10H,3-4,6H2,1-2H3,(H,17,20)(H,15,16,19). The minimum atomic E-state index is 0.517. The van der Waals surface area contributed by atoms with Gasteiger partial charge in [-0.25, -0.2) is 5.10 Å². The van der Waals surface area contributed by atoms with E-state index in [-0.39, 0.29) is 0 Å². The quantitative estimate of drug-likeness (QED) is 0.904. The Kier molecular flexibility index (Phi) is 3.25. The van der Waals surface area contributed by atoms with Crippen molar-refractivity contribution in [1.29, 1.82) is 0 Å². The maximum atomic E-state index is 4.59. The first-order valence-electron chi connectivity index (χ1n) is 7.30. The highest BCUT2D eigenvalue weighted by atomic mass is 32.2. The van der Waals surface area contributed by atoms with Crippen LogP contribution in [0.3, 0.4) is 0 Å². The number of aromatic amines is 1. The molecule has 7 nitrogen and oxygen atoms in total. The van der Waals surface area contributed by atoms with Crippen molar-refractivity contribution in [3.05, 3.63) is 29.3 Å². The fraction of sp³-hybridized carbons (Fsp3) is 0.429. The van der Waals surface area contributed by atoms with Crippen molar-refractivity contribution in [2.24, 2.45) is 10.1 Å². The number of aryl methyl sites for hydroxylation is 1. The number of aliphatic imine (C=N–C) groups is 1. The number of amidine groups is 1. The number of hydrazone groups is 1. The highest BCUT2D eigenvalue weighted by molar-refractivity contribution is 8.14. The maximum absolute atomic E-state index is 4.59. The Morgan fingerprint density at radius 2 is 2.23 bits per heavy atom. The number of rotatable bonds is 3. The molecule has 1 saturated carbocycles.